The molecule has 0 aliphatic carbocycles. The van der Waals surface area contributed by atoms with Crippen molar-refractivity contribution >= 4 is 27.3 Å². The van der Waals surface area contributed by atoms with Gasteiger partial charge in [0.15, 0.2) is 0 Å². The molecule has 3 aromatic rings. The van der Waals surface area contributed by atoms with Crippen molar-refractivity contribution in [2.45, 2.75) is 12.5 Å². The van der Waals surface area contributed by atoms with E-state index >= 15 is 0 Å². The summed E-state index contributed by atoms with van der Waals surface area (Å²) >= 11 is 1.61. The topological polar surface area (TPSA) is 49.6 Å². The number of thiophene rings is 1. The van der Waals surface area contributed by atoms with Gasteiger partial charge < -0.3 is 15.5 Å². The van der Waals surface area contributed by atoms with Gasteiger partial charge in [0.25, 0.3) is 5.91 Å². The van der Waals surface area contributed by atoms with Crippen molar-refractivity contribution in [2.75, 3.05) is 32.7 Å². The van der Waals surface area contributed by atoms with Gasteiger partial charge in [-0.2, -0.15) is 0 Å². The van der Waals surface area contributed by atoms with E-state index < -0.39 is 0 Å². The van der Waals surface area contributed by atoms with Crippen LogP contribution in [-0.2, 0) is 0 Å². The Balaban J connectivity index is 1.15. The summed E-state index contributed by atoms with van der Waals surface area (Å²) in [6, 6.07) is 20.7. The highest BCUT2D eigenvalue weighted by atomic mass is 32.1. The third-order valence-corrected chi connectivity index (χ3v) is 7.57. The average molecular weight is 406 g/mol. The second kappa shape index (κ2) is 7.90. The largest absolute Gasteiger partial charge is 0.337 e. The van der Waals surface area contributed by atoms with Crippen molar-refractivity contribution in [3.8, 4) is 0 Å². The maximum absolute atomic E-state index is 13.0. The molecular weight excluding hydrogens is 378 g/mol. The van der Waals surface area contributed by atoms with Gasteiger partial charge in [0.05, 0.1) is 4.88 Å². The molecule has 1 amide bonds. The molecule has 0 spiro atoms. The van der Waals surface area contributed by atoms with Crippen LogP contribution in [0.25, 0.3) is 10.1 Å². The molecule has 1 aromatic heterocycles. The maximum atomic E-state index is 13.0. The molecule has 5 rings (SSSR count). The van der Waals surface area contributed by atoms with Crippen LogP contribution in [0.1, 0.15) is 27.7 Å². The smallest absolute Gasteiger partial charge is 0.263 e. The third kappa shape index (κ3) is 3.82. The van der Waals surface area contributed by atoms with Gasteiger partial charge in [-0.15, -0.1) is 11.3 Å². The van der Waals surface area contributed by atoms with Crippen LogP contribution in [0.5, 0.6) is 0 Å². The Labute approximate surface area is 175 Å². The van der Waals surface area contributed by atoms with E-state index in [0.717, 1.165) is 44.0 Å². The van der Waals surface area contributed by atoms with E-state index in [9.17, 15) is 4.79 Å². The molecule has 2 aliphatic rings. The molecule has 0 radical (unpaired) electrons. The van der Waals surface area contributed by atoms with Gasteiger partial charge in [0.2, 0.25) is 0 Å². The molecule has 0 bridgehead atoms. The summed E-state index contributed by atoms with van der Waals surface area (Å²) in [5, 5.41) is 1.17. The molecule has 5 heteroatoms. The number of benzene rings is 2. The first-order valence-electron chi connectivity index (χ1n) is 10.5. The Morgan fingerprint density at radius 3 is 2.41 bits per heavy atom. The number of carbonyl (C=O) groups excluding carboxylic acids is 1. The Kier molecular flexibility index (Phi) is 5.12. The summed E-state index contributed by atoms with van der Waals surface area (Å²) < 4.78 is 1.19. The summed E-state index contributed by atoms with van der Waals surface area (Å²) in [6.45, 7) is 4.98. The molecule has 2 aromatic carbocycles. The van der Waals surface area contributed by atoms with Gasteiger partial charge in [-0.05, 0) is 47.9 Å². The summed E-state index contributed by atoms with van der Waals surface area (Å²) in [7, 11) is 0. The van der Waals surface area contributed by atoms with Crippen LogP contribution in [0.2, 0.25) is 0 Å². The Morgan fingerprint density at radius 2 is 1.69 bits per heavy atom. The molecule has 3 heterocycles. The standard InChI is InChI=1S/C24H27N3OS/c25-21(17-6-2-1-3-7-17)10-11-26-13-19-15-27(16-20(19)14-26)24(28)23-12-18-8-4-5-9-22(18)29-23/h1-9,12,19-21H,10-11,13-16,25H2/t19?,20?,21-/m0/s1. The number of nitrogens with zero attached hydrogens (tertiary/aromatic N) is 2. The number of nitrogens with two attached hydrogens (primary N) is 1. The van der Waals surface area contributed by atoms with E-state index in [1.807, 2.05) is 24.3 Å². The van der Waals surface area contributed by atoms with Crippen molar-refractivity contribution in [3.05, 3.63) is 71.1 Å². The lowest BCUT2D eigenvalue weighted by molar-refractivity contribution is 0.0778. The molecule has 0 saturated carbocycles. The summed E-state index contributed by atoms with van der Waals surface area (Å²) in [5.74, 6) is 1.40. The highest BCUT2D eigenvalue weighted by Crippen LogP contribution is 2.34. The minimum atomic E-state index is 0.0997. The zero-order valence-corrected chi connectivity index (χ0v) is 17.4. The summed E-state index contributed by atoms with van der Waals surface area (Å²) in [6.07, 6.45) is 0.980. The Morgan fingerprint density at radius 1 is 1.00 bits per heavy atom. The van der Waals surface area contributed by atoms with Crippen LogP contribution in [0.15, 0.2) is 60.7 Å². The molecule has 2 saturated heterocycles. The summed E-state index contributed by atoms with van der Waals surface area (Å²) in [5.41, 5.74) is 7.58. The second-order valence-corrected chi connectivity index (χ2v) is 9.53. The van der Waals surface area contributed by atoms with Crippen LogP contribution in [0.4, 0.5) is 0 Å². The lowest BCUT2D eigenvalue weighted by Gasteiger charge is -2.22. The number of carbonyl (C=O) groups is 1. The SMILES string of the molecule is N[C@@H](CCN1CC2CN(C(=O)c3cc4ccccc4s3)CC2C1)c1ccccc1. The molecule has 29 heavy (non-hydrogen) atoms. The first-order chi connectivity index (χ1) is 14.2. The van der Waals surface area contributed by atoms with E-state index in [1.165, 1.54) is 15.6 Å². The van der Waals surface area contributed by atoms with Crippen LogP contribution in [0.3, 0.4) is 0 Å². The molecular formula is C24H27N3OS. The molecule has 150 valence electrons. The van der Waals surface area contributed by atoms with E-state index in [-0.39, 0.29) is 11.9 Å². The number of rotatable bonds is 5. The zero-order valence-electron chi connectivity index (χ0n) is 16.5. The van der Waals surface area contributed by atoms with Crippen molar-refractivity contribution in [2.24, 2.45) is 17.6 Å². The fraction of sp³-hybridized carbons (Fsp3) is 0.375. The van der Waals surface area contributed by atoms with E-state index in [1.54, 1.807) is 11.3 Å². The lowest BCUT2D eigenvalue weighted by atomic mass is 10.0. The van der Waals surface area contributed by atoms with Crippen molar-refractivity contribution in [1.29, 1.82) is 0 Å². The number of fused-ring (bicyclic) bond motifs is 2. The minimum absolute atomic E-state index is 0.0997. The fourth-order valence-corrected chi connectivity index (χ4v) is 5.90. The predicted octanol–water partition coefficient (Wildman–Crippen LogP) is 4.00. The normalized spacial score (nSPS) is 22.9. The quantitative estimate of drug-likeness (QED) is 0.698. The molecule has 2 fully saturated rings. The highest BCUT2D eigenvalue weighted by molar-refractivity contribution is 7.20. The van der Waals surface area contributed by atoms with Gasteiger partial charge in [0.1, 0.15) is 0 Å². The number of hydrogen-bond donors (Lipinski definition) is 1. The average Bonchev–Trinajstić information content (AvgIpc) is 3.44. The zero-order chi connectivity index (χ0) is 19.8. The highest BCUT2D eigenvalue weighted by Gasteiger charge is 2.41. The van der Waals surface area contributed by atoms with Crippen LogP contribution >= 0.6 is 11.3 Å². The van der Waals surface area contributed by atoms with E-state index in [0.29, 0.717) is 11.8 Å². The molecule has 2 aliphatic heterocycles. The first kappa shape index (κ1) is 18.8. The van der Waals surface area contributed by atoms with Crippen molar-refractivity contribution in [3.63, 3.8) is 0 Å². The lowest BCUT2D eigenvalue weighted by Crippen LogP contribution is -2.33. The van der Waals surface area contributed by atoms with Gasteiger partial charge in [-0.3, -0.25) is 4.79 Å². The minimum Gasteiger partial charge on any atom is -0.337 e. The predicted molar refractivity (Wildman–Crippen MR) is 119 cm³/mol. The first-order valence-corrected chi connectivity index (χ1v) is 11.3. The molecule has 3 atom stereocenters. The van der Waals surface area contributed by atoms with E-state index in [2.05, 4.69) is 46.2 Å². The van der Waals surface area contributed by atoms with Crippen LogP contribution < -0.4 is 5.73 Å². The van der Waals surface area contributed by atoms with Crippen molar-refractivity contribution in [1.82, 2.24) is 9.80 Å². The van der Waals surface area contributed by atoms with E-state index in [4.69, 9.17) is 5.73 Å². The Hall–Kier alpha value is -2.21. The Bertz CT molecular complexity index is 955. The van der Waals surface area contributed by atoms with Gasteiger partial charge in [0, 0.05) is 36.9 Å². The third-order valence-electron chi connectivity index (χ3n) is 6.47. The summed E-state index contributed by atoms with van der Waals surface area (Å²) in [4.78, 5) is 18.5. The molecule has 4 nitrogen and oxygen atoms in total. The number of hydrogen-bond acceptors (Lipinski definition) is 4. The number of likely N-dealkylation sites (tertiary alicyclic amines) is 2. The monoisotopic (exact) mass is 405 g/mol. The maximum Gasteiger partial charge on any atom is 0.263 e. The fourth-order valence-electron chi connectivity index (χ4n) is 4.87. The second-order valence-electron chi connectivity index (χ2n) is 8.44. The van der Waals surface area contributed by atoms with Gasteiger partial charge >= 0.3 is 0 Å². The van der Waals surface area contributed by atoms with Crippen molar-refractivity contribution < 1.29 is 4.79 Å². The number of amides is 1. The molecule has 2 N–H and O–H groups in total. The van der Waals surface area contributed by atoms with Crippen LogP contribution in [0, 0.1) is 11.8 Å². The van der Waals surface area contributed by atoms with Gasteiger partial charge in [-0.1, -0.05) is 48.5 Å². The molecule has 2 unspecified atom stereocenters. The van der Waals surface area contributed by atoms with Gasteiger partial charge in [-0.25, -0.2) is 0 Å². The van der Waals surface area contributed by atoms with Crippen LogP contribution in [-0.4, -0.2) is 48.4 Å².